The third-order valence-corrected chi connectivity index (χ3v) is 3.17. The highest BCUT2D eigenvalue weighted by Gasteiger charge is 2.11. The van der Waals surface area contributed by atoms with Crippen LogP contribution in [0.4, 0.5) is 10.8 Å². The van der Waals surface area contributed by atoms with Gasteiger partial charge in [-0.05, 0) is 32.0 Å². The highest BCUT2D eigenvalue weighted by atomic mass is 32.1. The normalized spacial score (nSPS) is 10.4. The third-order valence-electron chi connectivity index (χ3n) is 2.42. The minimum atomic E-state index is -1.08. The number of benzene rings is 1. The predicted molar refractivity (Wildman–Crippen MR) is 79.3 cm³/mol. The first-order valence-electron chi connectivity index (χ1n) is 6.22. The molecule has 2 aromatic rings. The Hall–Kier alpha value is -2.41. The van der Waals surface area contributed by atoms with Crippen LogP contribution in [-0.4, -0.2) is 28.1 Å². The molecule has 0 radical (unpaired) electrons. The van der Waals surface area contributed by atoms with Gasteiger partial charge >= 0.3 is 11.9 Å². The molecule has 1 heterocycles. The number of anilines is 2. The average molecular weight is 306 g/mol. The van der Waals surface area contributed by atoms with Crippen molar-refractivity contribution in [2.45, 2.75) is 20.0 Å². The lowest BCUT2D eigenvalue weighted by Crippen LogP contribution is -2.11. The Morgan fingerprint density at radius 1 is 1.38 bits per heavy atom. The van der Waals surface area contributed by atoms with Gasteiger partial charge in [0.1, 0.15) is 0 Å². The second-order valence-electron chi connectivity index (χ2n) is 4.50. The van der Waals surface area contributed by atoms with E-state index in [0.717, 1.165) is 0 Å². The molecule has 2 rings (SSSR count). The van der Waals surface area contributed by atoms with Gasteiger partial charge in [-0.1, -0.05) is 6.07 Å². The van der Waals surface area contributed by atoms with Crippen LogP contribution < -0.4 is 5.32 Å². The van der Waals surface area contributed by atoms with Crippen molar-refractivity contribution < 1.29 is 19.4 Å². The summed E-state index contributed by atoms with van der Waals surface area (Å²) in [4.78, 5) is 26.5. The van der Waals surface area contributed by atoms with Gasteiger partial charge in [0.2, 0.25) is 0 Å². The van der Waals surface area contributed by atoms with Gasteiger partial charge in [0.15, 0.2) is 10.8 Å². The molecule has 7 heteroatoms. The Bertz CT molecular complexity index is 666. The fourth-order valence-electron chi connectivity index (χ4n) is 1.56. The number of aromatic carboxylic acids is 1. The number of esters is 1. The maximum absolute atomic E-state index is 11.8. The smallest absolute Gasteiger partial charge is 0.355 e. The number of rotatable bonds is 5. The molecule has 0 bridgehead atoms. The van der Waals surface area contributed by atoms with Gasteiger partial charge in [-0.15, -0.1) is 11.3 Å². The summed E-state index contributed by atoms with van der Waals surface area (Å²) >= 11 is 1.18. The van der Waals surface area contributed by atoms with Crippen LogP contribution >= 0.6 is 11.3 Å². The van der Waals surface area contributed by atoms with Crippen molar-refractivity contribution in [2.75, 3.05) is 5.32 Å². The topological polar surface area (TPSA) is 88.5 Å². The first-order valence-corrected chi connectivity index (χ1v) is 7.10. The van der Waals surface area contributed by atoms with Crippen molar-refractivity contribution in [1.29, 1.82) is 0 Å². The number of aromatic nitrogens is 1. The fraction of sp³-hybridized carbons (Fsp3) is 0.214. The van der Waals surface area contributed by atoms with Gasteiger partial charge in [-0.25, -0.2) is 14.6 Å². The van der Waals surface area contributed by atoms with Crippen LogP contribution in [0.25, 0.3) is 0 Å². The van der Waals surface area contributed by atoms with Crippen LogP contribution in [0.5, 0.6) is 0 Å². The van der Waals surface area contributed by atoms with E-state index < -0.39 is 11.9 Å². The summed E-state index contributed by atoms with van der Waals surface area (Å²) in [6.07, 6.45) is -0.189. The van der Waals surface area contributed by atoms with Gasteiger partial charge in [0.25, 0.3) is 0 Å². The van der Waals surface area contributed by atoms with Crippen molar-refractivity contribution >= 4 is 34.1 Å². The summed E-state index contributed by atoms with van der Waals surface area (Å²) in [5.74, 6) is -1.48. The number of nitrogens with one attached hydrogen (secondary N) is 1. The lowest BCUT2D eigenvalue weighted by Gasteiger charge is -2.09. The molecule has 0 aliphatic heterocycles. The fourth-order valence-corrected chi connectivity index (χ4v) is 2.26. The lowest BCUT2D eigenvalue weighted by molar-refractivity contribution is 0.0377. The quantitative estimate of drug-likeness (QED) is 0.825. The summed E-state index contributed by atoms with van der Waals surface area (Å²) in [5, 5.41) is 13.7. The molecule has 0 spiro atoms. The molecule has 0 saturated carbocycles. The summed E-state index contributed by atoms with van der Waals surface area (Å²) in [6.45, 7) is 3.56. The number of carboxylic acid groups (broad SMARTS) is 1. The van der Waals surface area contributed by atoms with Crippen molar-refractivity contribution in [1.82, 2.24) is 4.98 Å². The van der Waals surface area contributed by atoms with Crippen LogP contribution in [0, 0.1) is 0 Å². The Balaban J connectivity index is 2.13. The maximum atomic E-state index is 11.8. The van der Waals surface area contributed by atoms with Crippen molar-refractivity contribution in [3.63, 3.8) is 0 Å². The number of thiazole rings is 1. The predicted octanol–water partition coefficient (Wildman–Crippen LogP) is 3.15. The van der Waals surface area contributed by atoms with E-state index in [1.807, 2.05) is 0 Å². The number of carboxylic acids is 1. The van der Waals surface area contributed by atoms with E-state index in [4.69, 9.17) is 9.84 Å². The molecule has 21 heavy (non-hydrogen) atoms. The molecule has 0 aliphatic rings. The average Bonchev–Trinajstić information content (AvgIpc) is 2.87. The Kier molecular flexibility index (Phi) is 4.54. The summed E-state index contributed by atoms with van der Waals surface area (Å²) in [6, 6.07) is 6.76. The number of nitrogens with zero attached hydrogens (tertiary/aromatic N) is 1. The van der Waals surface area contributed by atoms with E-state index in [2.05, 4.69) is 10.3 Å². The number of hydrogen-bond donors (Lipinski definition) is 2. The zero-order valence-electron chi connectivity index (χ0n) is 11.5. The van der Waals surface area contributed by atoms with E-state index in [1.54, 1.807) is 38.1 Å². The molecule has 0 atom stereocenters. The molecule has 0 unspecified atom stereocenters. The van der Waals surface area contributed by atoms with Crippen LogP contribution in [-0.2, 0) is 4.74 Å². The Morgan fingerprint density at radius 3 is 2.76 bits per heavy atom. The molecule has 1 aromatic heterocycles. The number of ether oxygens (including phenoxy) is 1. The van der Waals surface area contributed by atoms with Crippen LogP contribution in [0.15, 0.2) is 29.6 Å². The minimum Gasteiger partial charge on any atom is -0.476 e. The zero-order valence-corrected chi connectivity index (χ0v) is 12.3. The third kappa shape index (κ3) is 4.03. The monoisotopic (exact) mass is 306 g/mol. The highest BCUT2D eigenvalue weighted by molar-refractivity contribution is 7.14. The molecule has 2 N–H and O–H groups in total. The van der Waals surface area contributed by atoms with Gasteiger partial charge in [0, 0.05) is 11.1 Å². The molecule has 0 aliphatic carbocycles. The molecule has 0 amide bonds. The molecule has 0 fully saturated rings. The van der Waals surface area contributed by atoms with Gasteiger partial charge in [-0.3, -0.25) is 0 Å². The first-order chi connectivity index (χ1) is 9.95. The Morgan fingerprint density at radius 2 is 2.14 bits per heavy atom. The number of hydrogen-bond acceptors (Lipinski definition) is 6. The lowest BCUT2D eigenvalue weighted by atomic mass is 10.2. The first kappa shape index (κ1) is 15.0. The summed E-state index contributed by atoms with van der Waals surface area (Å²) < 4.78 is 5.12. The second kappa shape index (κ2) is 6.36. The molecule has 0 saturated heterocycles. The van der Waals surface area contributed by atoms with Gasteiger partial charge in [-0.2, -0.15) is 0 Å². The summed E-state index contributed by atoms with van der Waals surface area (Å²) in [5.41, 5.74) is 1.04. The van der Waals surface area contributed by atoms with E-state index in [1.165, 1.54) is 16.7 Å². The van der Waals surface area contributed by atoms with Gasteiger partial charge < -0.3 is 15.2 Å². The van der Waals surface area contributed by atoms with Crippen molar-refractivity contribution in [2.24, 2.45) is 0 Å². The molecular formula is C14H14N2O4S. The van der Waals surface area contributed by atoms with E-state index >= 15 is 0 Å². The van der Waals surface area contributed by atoms with Gasteiger partial charge in [0.05, 0.1) is 11.7 Å². The standard InChI is InChI=1S/C14H14N2O4S/c1-8(2)20-13(19)9-4-3-5-10(6-9)15-14-16-11(7-21-14)12(17)18/h3-8H,1-2H3,(H,15,16)(H,17,18). The van der Waals surface area contributed by atoms with Crippen LogP contribution in [0.1, 0.15) is 34.7 Å². The van der Waals surface area contributed by atoms with E-state index in [0.29, 0.717) is 16.4 Å². The zero-order chi connectivity index (χ0) is 15.4. The summed E-state index contributed by atoms with van der Waals surface area (Å²) in [7, 11) is 0. The van der Waals surface area contributed by atoms with E-state index in [-0.39, 0.29) is 11.8 Å². The number of carbonyl (C=O) groups is 2. The molecule has 1 aromatic carbocycles. The van der Waals surface area contributed by atoms with E-state index in [9.17, 15) is 9.59 Å². The van der Waals surface area contributed by atoms with Crippen molar-refractivity contribution in [3.05, 3.63) is 40.9 Å². The second-order valence-corrected chi connectivity index (χ2v) is 5.36. The molecular weight excluding hydrogens is 292 g/mol. The largest absolute Gasteiger partial charge is 0.476 e. The molecule has 110 valence electrons. The SMILES string of the molecule is CC(C)OC(=O)c1cccc(Nc2nc(C(=O)O)cs2)c1. The maximum Gasteiger partial charge on any atom is 0.355 e. The number of carbonyl (C=O) groups excluding carboxylic acids is 1. The van der Waals surface area contributed by atoms with Crippen LogP contribution in [0.3, 0.4) is 0 Å². The Labute approximate surface area is 125 Å². The highest BCUT2D eigenvalue weighted by Crippen LogP contribution is 2.22. The van der Waals surface area contributed by atoms with Crippen molar-refractivity contribution in [3.8, 4) is 0 Å². The molecule has 6 nitrogen and oxygen atoms in total. The minimum absolute atomic E-state index is 0.0159. The van der Waals surface area contributed by atoms with Crippen LogP contribution in [0.2, 0.25) is 0 Å².